The van der Waals surface area contributed by atoms with Crippen LogP contribution in [0.3, 0.4) is 0 Å². The third kappa shape index (κ3) is 5.11. The van der Waals surface area contributed by atoms with E-state index in [2.05, 4.69) is 26.0 Å². The Labute approximate surface area is 178 Å². The van der Waals surface area contributed by atoms with E-state index in [1.807, 2.05) is 72.8 Å². The highest BCUT2D eigenvalue weighted by Gasteiger charge is 2.05. The fourth-order valence-corrected chi connectivity index (χ4v) is 3.33. The van der Waals surface area contributed by atoms with Gasteiger partial charge in [0, 0.05) is 22.7 Å². The van der Waals surface area contributed by atoms with Crippen LogP contribution >= 0.6 is 0 Å². The number of nitrogen functional groups attached to an aromatic ring is 4. The van der Waals surface area contributed by atoms with Gasteiger partial charge in [0.2, 0.25) is 0 Å². The minimum absolute atomic E-state index is 0.782. The van der Waals surface area contributed by atoms with Crippen LogP contribution in [0.15, 0.2) is 84.9 Å². The molecule has 8 N–H and O–H groups in total. The van der Waals surface area contributed by atoms with Gasteiger partial charge in [0.1, 0.15) is 0 Å². The third-order valence-electron chi connectivity index (χ3n) is 4.95. The first kappa shape index (κ1) is 20.8. The Morgan fingerprint density at radius 2 is 0.700 bits per heavy atom. The average Bonchev–Trinajstić information content (AvgIpc) is 2.71. The zero-order valence-corrected chi connectivity index (χ0v) is 17.4. The highest BCUT2D eigenvalue weighted by Crippen LogP contribution is 2.29. The maximum absolute atomic E-state index is 5.75. The first-order chi connectivity index (χ1) is 14.3. The van der Waals surface area contributed by atoms with Crippen LogP contribution in [0, 0.1) is 13.8 Å². The van der Waals surface area contributed by atoms with Crippen molar-refractivity contribution in [2.24, 2.45) is 0 Å². The highest BCUT2D eigenvalue weighted by molar-refractivity contribution is 5.74. The van der Waals surface area contributed by atoms with Crippen LogP contribution in [0.5, 0.6) is 0 Å². The lowest BCUT2D eigenvalue weighted by molar-refractivity contribution is 1.41. The van der Waals surface area contributed by atoms with Gasteiger partial charge >= 0.3 is 0 Å². The zero-order chi connectivity index (χ0) is 21.7. The van der Waals surface area contributed by atoms with Crippen molar-refractivity contribution in [1.82, 2.24) is 0 Å². The molecule has 4 aromatic carbocycles. The molecule has 152 valence electrons. The second-order valence-corrected chi connectivity index (χ2v) is 7.39. The van der Waals surface area contributed by atoms with Gasteiger partial charge in [-0.3, -0.25) is 0 Å². The van der Waals surface area contributed by atoms with E-state index in [0.717, 1.165) is 33.9 Å². The maximum atomic E-state index is 5.75. The van der Waals surface area contributed by atoms with Gasteiger partial charge in [-0.25, -0.2) is 0 Å². The summed E-state index contributed by atoms with van der Waals surface area (Å²) in [6.45, 7) is 4.14. The summed E-state index contributed by atoms with van der Waals surface area (Å²) in [7, 11) is 0. The van der Waals surface area contributed by atoms with E-state index in [4.69, 9.17) is 22.9 Å². The molecule has 0 aliphatic heterocycles. The molecule has 0 heterocycles. The van der Waals surface area contributed by atoms with Gasteiger partial charge in [-0.05, 0) is 95.8 Å². The Morgan fingerprint density at radius 3 is 1.00 bits per heavy atom. The summed E-state index contributed by atoms with van der Waals surface area (Å²) in [5.74, 6) is 0. The van der Waals surface area contributed by atoms with Crippen LogP contribution in [0.1, 0.15) is 11.1 Å². The molecule has 0 saturated carbocycles. The van der Waals surface area contributed by atoms with Crippen LogP contribution in [0.4, 0.5) is 22.7 Å². The van der Waals surface area contributed by atoms with Gasteiger partial charge in [-0.1, -0.05) is 36.4 Å². The predicted molar refractivity (Wildman–Crippen MR) is 131 cm³/mol. The lowest BCUT2D eigenvalue weighted by Gasteiger charge is -2.10. The summed E-state index contributed by atoms with van der Waals surface area (Å²) >= 11 is 0. The smallest absolute Gasteiger partial charge is 0.0317 e. The molecule has 0 spiro atoms. The van der Waals surface area contributed by atoms with E-state index in [1.165, 1.54) is 22.3 Å². The maximum Gasteiger partial charge on any atom is 0.0317 e. The molecule has 0 saturated heterocycles. The quantitative estimate of drug-likeness (QED) is 0.328. The van der Waals surface area contributed by atoms with Gasteiger partial charge in [-0.2, -0.15) is 0 Å². The van der Waals surface area contributed by atoms with Crippen molar-refractivity contribution in [3.8, 4) is 22.3 Å². The van der Waals surface area contributed by atoms with Crippen molar-refractivity contribution in [2.45, 2.75) is 13.8 Å². The van der Waals surface area contributed by atoms with Crippen LogP contribution in [0.2, 0.25) is 0 Å². The molecule has 0 aliphatic rings. The number of hydrogen-bond acceptors (Lipinski definition) is 4. The van der Waals surface area contributed by atoms with Crippen LogP contribution < -0.4 is 22.9 Å². The van der Waals surface area contributed by atoms with E-state index >= 15 is 0 Å². The van der Waals surface area contributed by atoms with Crippen molar-refractivity contribution in [2.75, 3.05) is 22.9 Å². The summed E-state index contributed by atoms with van der Waals surface area (Å²) in [5, 5.41) is 0. The Hall–Kier alpha value is -3.92. The van der Waals surface area contributed by atoms with Gasteiger partial charge in [0.05, 0.1) is 0 Å². The summed E-state index contributed by atoms with van der Waals surface area (Å²) in [5.41, 5.74) is 33.0. The second kappa shape index (κ2) is 9.05. The number of nitrogens with two attached hydrogens (primary N) is 4. The normalized spacial score (nSPS) is 10.2. The van der Waals surface area contributed by atoms with Crippen LogP contribution in [-0.4, -0.2) is 0 Å². The topological polar surface area (TPSA) is 104 Å². The molecule has 0 aromatic heterocycles. The molecule has 0 unspecified atom stereocenters. The number of rotatable bonds is 2. The largest absolute Gasteiger partial charge is 0.399 e. The molecule has 30 heavy (non-hydrogen) atoms. The number of benzene rings is 4. The lowest BCUT2D eigenvalue weighted by atomic mass is 9.96. The Morgan fingerprint density at radius 1 is 0.400 bits per heavy atom. The standard InChI is InChI=1S/C14H16N2.C12H12N2/c1-9-7-11(15)3-5-13(9)14-6-4-12(16)8-10(14)2;13-11-5-1-9(2-6-11)10-3-7-12(14)8-4-10/h3-8H,15-16H2,1-2H3;1-8H,13-14H2. The van der Waals surface area contributed by atoms with Crippen LogP contribution in [-0.2, 0) is 0 Å². The monoisotopic (exact) mass is 396 g/mol. The van der Waals surface area contributed by atoms with Crippen molar-refractivity contribution in [3.63, 3.8) is 0 Å². The van der Waals surface area contributed by atoms with Gasteiger partial charge in [0.15, 0.2) is 0 Å². The van der Waals surface area contributed by atoms with Crippen molar-refractivity contribution in [1.29, 1.82) is 0 Å². The first-order valence-electron chi connectivity index (χ1n) is 9.77. The molecule has 0 atom stereocenters. The Bertz CT molecular complexity index is 1040. The highest BCUT2D eigenvalue weighted by atomic mass is 14.6. The lowest BCUT2D eigenvalue weighted by Crippen LogP contribution is -1.92. The molecule has 4 rings (SSSR count). The second-order valence-electron chi connectivity index (χ2n) is 7.39. The van der Waals surface area contributed by atoms with E-state index in [-0.39, 0.29) is 0 Å². The van der Waals surface area contributed by atoms with Gasteiger partial charge in [0.25, 0.3) is 0 Å². The molecule has 4 aromatic rings. The predicted octanol–water partition coefficient (Wildman–Crippen LogP) is 5.65. The molecule has 4 heteroatoms. The van der Waals surface area contributed by atoms with E-state index < -0.39 is 0 Å². The summed E-state index contributed by atoms with van der Waals surface area (Å²) in [4.78, 5) is 0. The molecule has 0 radical (unpaired) electrons. The van der Waals surface area contributed by atoms with E-state index in [0.29, 0.717) is 0 Å². The van der Waals surface area contributed by atoms with Crippen molar-refractivity contribution < 1.29 is 0 Å². The number of hydrogen-bond donors (Lipinski definition) is 4. The minimum Gasteiger partial charge on any atom is -0.399 e. The fourth-order valence-electron chi connectivity index (χ4n) is 3.33. The molecule has 0 fully saturated rings. The number of anilines is 4. The summed E-state index contributed by atoms with van der Waals surface area (Å²) < 4.78 is 0. The van der Waals surface area contributed by atoms with E-state index in [9.17, 15) is 0 Å². The molecular weight excluding hydrogens is 368 g/mol. The average molecular weight is 397 g/mol. The van der Waals surface area contributed by atoms with Crippen LogP contribution in [0.25, 0.3) is 22.3 Å². The number of aryl methyl sites for hydroxylation is 2. The summed E-state index contributed by atoms with van der Waals surface area (Å²) in [6, 6.07) is 27.5. The zero-order valence-electron chi connectivity index (χ0n) is 17.4. The van der Waals surface area contributed by atoms with Crippen molar-refractivity contribution >= 4 is 22.7 Å². The Balaban J connectivity index is 0.000000172. The van der Waals surface area contributed by atoms with Gasteiger partial charge in [-0.15, -0.1) is 0 Å². The minimum atomic E-state index is 0.782. The molecule has 0 bridgehead atoms. The summed E-state index contributed by atoms with van der Waals surface area (Å²) in [6.07, 6.45) is 0. The van der Waals surface area contributed by atoms with E-state index in [1.54, 1.807) is 0 Å². The van der Waals surface area contributed by atoms with Gasteiger partial charge < -0.3 is 22.9 Å². The molecule has 0 aliphatic carbocycles. The molecular formula is C26H28N4. The Kier molecular flexibility index (Phi) is 6.28. The first-order valence-corrected chi connectivity index (χ1v) is 9.77. The molecule has 4 nitrogen and oxygen atoms in total. The SMILES string of the molecule is Cc1cc(N)ccc1-c1ccc(N)cc1C.Nc1ccc(-c2ccc(N)cc2)cc1. The fraction of sp³-hybridized carbons (Fsp3) is 0.0769. The van der Waals surface area contributed by atoms with Crippen molar-refractivity contribution in [3.05, 3.63) is 96.1 Å². The third-order valence-corrected chi connectivity index (χ3v) is 4.95. The molecule has 0 amide bonds.